The highest BCUT2D eigenvalue weighted by molar-refractivity contribution is 6.34. The maximum absolute atomic E-state index is 12.5. The van der Waals surface area contributed by atoms with Crippen LogP contribution in [0.5, 0.6) is 0 Å². The molecule has 0 radical (unpaired) electrons. The molecule has 1 aromatic heterocycles. The van der Waals surface area contributed by atoms with Crippen LogP contribution in [0.25, 0.3) is 22.6 Å². The van der Waals surface area contributed by atoms with E-state index in [0.29, 0.717) is 27.7 Å². The molecule has 0 atom stereocenters. The van der Waals surface area contributed by atoms with Crippen LogP contribution in [0.3, 0.4) is 0 Å². The number of rotatable bonds is 4. The van der Waals surface area contributed by atoms with Gasteiger partial charge < -0.3 is 9.73 Å². The fraction of sp³-hybridized carbons (Fsp3) is 0. The smallest absolute Gasteiger partial charge is 0.270 e. The van der Waals surface area contributed by atoms with Gasteiger partial charge in [0.25, 0.3) is 11.6 Å². The fourth-order valence-corrected chi connectivity index (χ4v) is 3.14. The molecular weight excluding hydrogens is 417 g/mol. The minimum atomic E-state index is -0.591. The number of non-ortho nitro benzene ring substituents is 1. The van der Waals surface area contributed by atoms with Crippen molar-refractivity contribution in [3.05, 3.63) is 86.4 Å². The van der Waals surface area contributed by atoms with Gasteiger partial charge in [0.05, 0.1) is 15.5 Å². The number of hydrogen-bond acceptors (Lipinski definition) is 5. The highest BCUT2D eigenvalue weighted by atomic mass is 35.5. The Morgan fingerprint density at radius 3 is 2.66 bits per heavy atom. The Morgan fingerprint density at radius 2 is 1.90 bits per heavy atom. The van der Waals surface area contributed by atoms with Gasteiger partial charge >= 0.3 is 0 Å². The molecule has 9 heteroatoms. The van der Waals surface area contributed by atoms with E-state index >= 15 is 0 Å². The normalized spacial score (nSPS) is 10.8. The Labute approximate surface area is 174 Å². The zero-order valence-corrected chi connectivity index (χ0v) is 16.1. The lowest BCUT2D eigenvalue weighted by Gasteiger charge is -2.06. The molecule has 4 aromatic rings. The van der Waals surface area contributed by atoms with Gasteiger partial charge in [-0.2, -0.15) is 0 Å². The molecule has 0 spiro atoms. The van der Waals surface area contributed by atoms with Crippen molar-refractivity contribution in [2.45, 2.75) is 0 Å². The average Bonchev–Trinajstić information content (AvgIpc) is 3.11. The van der Waals surface area contributed by atoms with Gasteiger partial charge in [0, 0.05) is 28.4 Å². The number of carbonyl (C=O) groups excluding carboxylic acids is 1. The first kappa shape index (κ1) is 18.9. The first-order chi connectivity index (χ1) is 13.9. The van der Waals surface area contributed by atoms with Crippen LogP contribution < -0.4 is 5.32 Å². The number of benzene rings is 3. The predicted octanol–water partition coefficient (Wildman–Crippen LogP) is 5.96. The van der Waals surface area contributed by atoms with Gasteiger partial charge in [-0.15, -0.1) is 0 Å². The largest absolute Gasteiger partial charge is 0.436 e. The lowest BCUT2D eigenvalue weighted by Crippen LogP contribution is -2.12. The quantitative estimate of drug-likeness (QED) is 0.319. The average molecular weight is 428 g/mol. The van der Waals surface area contributed by atoms with Gasteiger partial charge in [-0.05, 0) is 42.5 Å². The summed E-state index contributed by atoms with van der Waals surface area (Å²) >= 11 is 12.0. The highest BCUT2D eigenvalue weighted by Gasteiger charge is 2.17. The van der Waals surface area contributed by atoms with Gasteiger partial charge in [-0.1, -0.05) is 29.3 Å². The van der Waals surface area contributed by atoms with Crippen molar-refractivity contribution in [1.82, 2.24) is 4.98 Å². The predicted molar refractivity (Wildman–Crippen MR) is 111 cm³/mol. The van der Waals surface area contributed by atoms with Gasteiger partial charge in [0.15, 0.2) is 5.58 Å². The lowest BCUT2D eigenvalue weighted by molar-refractivity contribution is -0.384. The van der Waals surface area contributed by atoms with E-state index in [1.807, 2.05) is 6.07 Å². The molecule has 7 nitrogen and oxygen atoms in total. The van der Waals surface area contributed by atoms with Crippen LogP contribution in [0.4, 0.5) is 11.4 Å². The van der Waals surface area contributed by atoms with E-state index in [9.17, 15) is 14.9 Å². The summed E-state index contributed by atoms with van der Waals surface area (Å²) in [6.45, 7) is 0. The minimum absolute atomic E-state index is 0.000679. The Kier molecular flexibility index (Phi) is 4.92. The number of nitro benzene ring substituents is 1. The maximum Gasteiger partial charge on any atom is 0.270 e. The third kappa shape index (κ3) is 3.91. The van der Waals surface area contributed by atoms with Crippen LogP contribution in [-0.4, -0.2) is 15.8 Å². The molecule has 1 N–H and O–H groups in total. The molecule has 0 unspecified atom stereocenters. The van der Waals surface area contributed by atoms with Gasteiger partial charge in [-0.25, -0.2) is 4.98 Å². The molecule has 0 saturated carbocycles. The first-order valence-electron chi connectivity index (χ1n) is 8.32. The van der Waals surface area contributed by atoms with Crippen LogP contribution in [0.2, 0.25) is 10.0 Å². The second kappa shape index (κ2) is 7.54. The van der Waals surface area contributed by atoms with E-state index in [1.165, 1.54) is 12.1 Å². The molecule has 144 valence electrons. The number of halogens is 2. The summed E-state index contributed by atoms with van der Waals surface area (Å²) in [6.07, 6.45) is 0. The Hall–Kier alpha value is -3.42. The minimum Gasteiger partial charge on any atom is -0.436 e. The molecule has 4 rings (SSSR count). The number of fused-ring (bicyclic) bond motifs is 1. The van der Waals surface area contributed by atoms with Gasteiger partial charge in [-0.3, -0.25) is 14.9 Å². The number of nitro groups is 1. The van der Waals surface area contributed by atoms with Crippen LogP contribution >= 0.6 is 23.2 Å². The van der Waals surface area contributed by atoms with Gasteiger partial charge in [0.2, 0.25) is 5.89 Å². The van der Waals surface area contributed by atoms with Gasteiger partial charge in [0.1, 0.15) is 5.52 Å². The van der Waals surface area contributed by atoms with E-state index in [2.05, 4.69) is 10.3 Å². The maximum atomic E-state index is 12.5. The number of hydrogen-bond donors (Lipinski definition) is 1. The van der Waals surface area contributed by atoms with Crippen LogP contribution in [0.15, 0.2) is 65.1 Å². The third-order valence-electron chi connectivity index (χ3n) is 4.12. The molecule has 1 heterocycles. The van der Waals surface area contributed by atoms with Crippen molar-refractivity contribution in [2.24, 2.45) is 0 Å². The number of aromatic nitrogens is 1. The third-order valence-corrected chi connectivity index (χ3v) is 4.69. The summed E-state index contributed by atoms with van der Waals surface area (Å²) < 4.78 is 5.74. The summed E-state index contributed by atoms with van der Waals surface area (Å²) in [7, 11) is 0. The summed E-state index contributed by atoms with van der Waals surface area (Å²) in [5.74, 6) is -0.177. The van der Waals surface area contributed by atoms with Crippen molar-refractivity contribution in [2.75, 3.05) is 5.32 Å². The summed E-state index contributed by atoms with van der Waals surface area (Å²) in [6, 6.07) is 15.7. The Bertz CT molecular complexity index is 1270. The molecule has 0 bridgehead atoms. The van der Waals surface area contributed by atoms with E-state index in [-0.39, 0.29) is 16.3 Å². The number of nitrogens with one attached hydrogen (secondary N) is 1. The standard InChI is InChI=1S/C20H11Cl2N3O4/c21-12-3-1-2-11(8-12)20-24-17-9-13(4-7-18(17)29-20)23-19(26)15-10-14(25(27)28)5-6-16(15)22/h1-10H,(H,23,26). The van der Waals surface area contributed by atoms with Crippen LogP contribution in [0.1, 0.15) is 10.4 Å². The zero-order chi connectivity index (χ0) is 20.5. The van der Waals surface area contributed by atoms with E-state index in [0.717, 1.165) is 11.6 Å². The molecule has 1 amide bonds. The van der Waals surface area contributed by atoms with Crippen molar-refractivity contribution in [3.63, 3.8) is 0 Å². The van der Waals surface area contributed by atoms with E-state index in [1.54, 1.807) is 36.4 Å². The summed E-state index contributed by atoms with van der Waals surface area (Å²) in [5.41, 5.74) is 2.01. The Balaban J connectivity index is 1.63. The monoisotopic (exact) mass is 427 g/mol. The van der Waals surface area contributed by atoms with Crippen molar-refractivity contribution in [1.29, 1.82) is 0 Å². The number of oxazole rings is 1. The number of nitrogens with zero attached hydrogens (tertiary/aromatic N) is 2. The molecule has 0 aliphatic carbocycles. The molecule has 3 aromatic carbocycles. The summed E-state index contributed by atoms with van der Waals surface area (Å²) in [5, 5.41) is 14.3. The molecule has 0 aliphatic heterocycles. The second-order valence-electron chi connectivity index (χ2n) is 6.09. The number of anilines is 1. The molecule has 29 heavy (non-hydrogen) atoms. The lowest BCUT2D eigenvalue weighted by atomic mass is 10.2. The number of amides is 1. The summed E-state index contributed by atoms with van der Waals surface area (Å²) in [4.78, 5) is 27.3. The van der Waals surface area contributed by atoms with Crippen molar-refractivity contribution < 1.29 is 14.1 Å². The second-order valence-corrected chi connectivity index (χ2v) is 6.93. The van der Waals surface area contributed by atoms with Crippen molar-refractivity contribution >= 4 is 51.6 Å². The zero-order valence-electron chi connectivity index (χ0n) is 14.6. The highest BCUT2D eigenvalue weighted by Crippen LogP contribution is 2.28. The Morgan fingerprint density at radius 1 is 1.07 bits per heavy atom. The van der Waals surface area contributed by atoms with E-state index < -0.39 is 10.8 Å². The van der Waals surface area contributed by atoms with Crippen LogP contribution in [-0.2, 0) is 0 Å². The SMILES string of the molecule is O=C(Nc1ccc2oc(-c3cccc(Cl)c3)nc2c1)c1cc([N+](=O)[O-])ccc1Cl. The molecule has 0 aliphatic rings. The van der Waals surface area contributed by atoms with E-state index in [4.69, 9.17) is 27.6 Å². The fourth-order valence-electron chi connectivity index (χ4n) is 2.75. The van der Waals surface area contributed by atoms with Crippen molar-refractivity contribution in [3.8, 4) is 11.5 Å². The number of carbonyl (C=O) groups is 1. The topological polar surface area (TPSA) is 98.3 Å². The molecule has 0 fully saturated rings. The molecule has 0 saturated heterocycles. The molecular formula is C20H11Cl2N3O4. The van der Waals surface area contributed by atoms with Crippen LogP contribution in [0, 0.1) is 10.1 Å². The first-order valence-corrected chi connectivity index (χ1v) is 9.08.